The lowest BCUT2D eigenvalue weighted by Gasteiger charge is -2.33. The number of rotatable bonds is 6. The van der Waals surface area contributed by atoms with Gasteiger partial charge < -0.3 is 15.8 Å². The number of hydrogen-bond acceptors (Lipinski definition) is 6. The van der Waals surface area contributed by atoms with Gasteiger partial charge in [0.15, 0.2) is 0 Å². The van der Waals surface area contributed by atoms with Crippen molar-refractivity contribution in [1.29, 1.82) is 5.41 Å². The lowest BCUT2D eigenvalue weighted by atomic mass is 9.71. The van der Waals surface area contributed by atoms with E-state index in [1.54, 1.807) is 0 Å². The molecular formula is C26H29N6O2+. The third kappa shape index (κ3) is 4.36. The number of anilines is 1. The molecular weight excluding hydrogens is 428 g/mol. The molecule has 1 amide bonds. The fraction of sp³-hybridized carbons (Fsp3) is 0.308. The third-order valence-corrected chi connectivity index (χ3v) is 7.03. The summed E-state index contributed by atoms with van der Waals surface area (Å²) in [6, 6.07) is 17.2. The molecule has 34 heavy (non-hydrogen) atoms. The Morgan fingerprint density at radius 3 is 2.41 bits per heavy atom. The van der Waals surface area contributed by atoms with Crippen LogP contribution in [-0.4, -0.2) is 34.2 Å². The maximum atomic E-state index is 12.3. The summed E-state index contributed by atoms with van der Waals surface area (Å²) in [6.07, 6.45) is 6.00. The number of nitrogens with one attached hydrogen (secondary N) is 2. The molecule has 2 aliphatic rings. The molecule has 0 bridgehead atoms. The number of nitrogen functional groups attached to an aromatic ring is 1. The van der Waals surface area contributed by atoms with Crippen LogP contribution >= 0.6 is 0 Å². The smallest absolute Gasteiger partial charge is 0.239 e. The summed E-state index contributed by atoms with van der Waals surface area (Å²) in [5, 5.41) is 13.9. The van der Waals surface area contributed by atoms with Crippen LogP contribution in [0.5, 0.6) is 11.5 Å². The van der Waals surface area contributed by atoms with Crippen molar-refractivity contribution in [3.05, 3.63) is 72.1 Å². The minimum Gasteiger partial charge on any atom is -0.457 e. The first-order valence-corrected chi connectivity index (χ1v) is 11.7. The van der Waals surface area contributed by atoms with Gasteiger partial charge in [-0.3, -0.25) is 15.5 Å². The van der Waals surface area contributed by atoms with Crippen molar-refractivity contribution in [3.63, 3.8) is 0 Å². The van der Waals surface area contributed by atoms with Gasteiger partial charge in [0.1, 0.15) is 29.2 Å². The topological polar surface area (TPSA) is 131 Å². The summed E-state index contributed by atoms with van der Waals surface area (Å²) in [5.41, 5.74) is 7.56. The number of para-hydroxylation sites is 1. The van der Waals surface area contributed by atoms with E-state index in [0.29, 0.717) is 34.6 Å². The van der Waals surface area contributed by atoms with Gasteiger partial charge in [0.05, 0.1) is 17.2 Å². The van der Waals surface area contributed by atoms with Crippen LogP contribution in [0, 0.1) is 10.8 Å². The molecule has 1 aliphatic heterocycles. The Morgan fingerprint density at radius 2 is 1.74 bits per heavy atom. The molecule has 2 heterocycles. The van der Waals surface area contributed by atoms with E-state index < -0.39 is 0 Å². The SMILES string of the molecule is N=C(c1ccc(Oc2ccccc2)cc1)c1c(N)ncnc1[NH2+]C1CCC2(CCNC2=O)CC1. The van der Waals surface area contributed by atoms with Crippen LogP contribution in [0.15, 0.2) is 60.9 Å². The minimum absolute atomic E-state index is 0.186. The predicted molar refractivity (Wildman–Crippen MR) is 129 cm³/mol. The van der Waals surface area contributed by atoms with Gasteiger partial charge in [0, 0.05) is 24.9 Å². The highest BCUT2D eigenvalue weighted by Crippen LogP contribution is 2.41. The standard InChI is InChI=1S/C26H28N6O2/c27-22(17-6-8-20(9-7-17)34-19-4-2-1-3-5-19)21-23(28)30-16-31-24(21)32-18-10-12-26(13-11-18)14-15-29-25(26)33/h1-9,16,18,27H,10-15H2,(H,29,33)(H3,28,30,31,32)/p+1. The molecule has 0 unspecified atom stereocenters. The van der Waals surface area contributed by atoms with E-state index in [1.807, 2.05) is 54.6 Å². The van der Waals surface area contributed by atoms with E-state index in [4.69, 9.17) is 15.9 Å². The molecule has 1 saturated heterocycles. The molecule has 8 heteroatoms. The second-order valence-corrected chi connectivity index (χ2v) is 9.12. The van der Waals surface area contributed by atoms with E-state index in [2.05, 4.69) is 20.6 Å². The number of ether oxygens (including phenoxy) is 1. The van der Waals surface area contributed by atoms with Crippen LogP contribution in [-0.2, 0) is 4.79 Å². The molecule has 6 N–H and O–H groups in total. The van der Waals surface area contributed by atoms with Gasteiger partial charge in [-0.05, 0) is 55.7 Å². The zero-order valence-corrected chi connectivity index (χ0v) is 19.0. The Kier molecular flexibility index (Phi) is 5.98. The van der Waals surface area contributed by atoms with Crippen LogP contribution in [0.3, 0.4) is 0 Å². The summed E-state index contributed by atoms with van der Waals surface area (Å²) in [4.78, 5) is 20.9. The summed E-state index contributed by atoms with van der Waals surface area (Å²) in [6.45, 7) is 0.784. The summed E-state index contributed by atoms with van der Waals surface area (Å²) in [7, 11) is 0. The van der Waals surface area contributed by atoms with E-state index in [-0.39, 0.29) is 17.0 Å². The fourth-order valence-corrected chi connectivity index (χ4v) is 5.03. The van der Waals surface area contributed by atoms with Gasteiger partial charge in [-0.2, -0.15) is 4.98 Å². The lowest BCUT2D eigenvalue weighted by molar-refractivity contribution is -0.618. The first-order valence-electron chi connectivity index (χ1n) is 11.7. The van der Waals surface area contributed by atoms with Crippen LogP contribution in [0.4, 0.5) is 11.6 Å². The van der Waals surface area contributed by atoms with E-state index >= 15 is 0 Å². The number of carbonyl (C=O) groups excluding carboxylic acids is 1. The molecule has 8 nitrogen and oxygen atoms in total. The van der Waals surface area contributed by atoms with E-state index in [1.165, 1.54) is 6.33 Å². The Bertz CT molecular complexity index is 1190. The van der Waals surface area contributed by atoms with E-state index in [0.717, 1.165) is 44.4 Å². The highest BCUT2D eigenvalue weighted by Gasteiger charge is 2.45. The molecule has 2 aromatic carbocycles. The highest BCUT2D eigenvalue weighted by atomic mass is 16.5. The van der Waals surface area contributed by atoms with Crippen LogP contribution in [0.1, 0.15) is 43.2 Å². The molecule has 3 aromatic rings. The van der Waals surface area contributed by atoms with Crippen molar-refractivity contribution >= 4 is 23.3 Å². The van der Waals surface area contributed by atoms with Gasteiger partial charge >= 0.3 is 0 Å². The second-order valence-electron chi connectivity index (χ2n) is 9.12. The normalized spacial score (nSPS) is 21.9. The number of hydrogen-bond donors (Lipinski definition) is 4. The molecule has 5 rings (SSSR count). The van der Waals surface area contributed by atoms with Gasteiger partial charge in [0.2, 0.25) is 11.7 Å². The predicted octanol–water partition coefficient (Wildman–Crippen LogP) is 2.91. The minimum atomic E-state index is -0.186. The molecule has 2 fully saturated rings. The number of nitrogens with zero attached hydrogens (tertiary/aromatic N) is 2. The number of quaternary nitrogens is 1. The quantitative estimate of drug-likeness (QED) is 0.423. The lowest BCUT2D eigenvalue weighted by Crippen LogP contribution is -2.86. The Morgan fingerprint density at radius 1 is 1.03 bits per heavy atom. The zero-order chi connectivity index (χ0) is 23.5. The van der Waals surface area contributed by atoms with Crippen molar-refractivity contribution in [2.45, 2.75) is 38.1 Å². The van der Waals surface area contributed by atoms with Gasteiger partial charge in [0.25, 0.3) is 0 Å². The molecule has 0 radical (unpaired) electrons. The number of nitrogens with two attached hydrogens (primary N) is 2. The van der Waals surface area contributed by atoms with Gasteiger partial charge in [-0.15, -0.1) is 0 Å². The van der Waals surface area contributed by atoms with Crippen LogP contribution in [0.25, 0.3) is 0 Å². The Balaban J connectivity index is 1.30. The number of aromatic nitrogens is 2. The number of carbonyl (C=O) groups is 1. The van der Waals surface area contributed by atoms with E-state index in [9.17, 15) is 4.79 Å². The summed E-state index contributed by atoms with van der Waals surface area (Å²) in [5.74, 6) is 2.63. The molecule has 174 valence electrons. The highest BCUT2D eigenvalue weighted by molar-refractivity contribution is 6.15. The van der Waals surface area contributed by atoms with Crippen molar-refractivity contribution < 1.29 is 14.8 Å². The molecule has 1 spiro atoms. The van der Waals surface area contributed by atoms with Crippen molar-refractivity contribution in [1.82, 2.24) is 15.3 Å². The second kappa shape index (κ2) is 9.23. The van der Waals surface area contributed by atoms with Crippen molar-refractivity contribution in [3.8, 4) is 11.5 Å². The van der Waals surface area contributed by atoms with Crippen LogP contribution < -0.4 is 21.1 Å². The summed E-state index contributed by atoms with van der Waals surface area (Å²) >= 11 is 0. The average Bonchev–Trinajstić information content (AvgIpc) is 3.21. The first-order chi connectivity index (χ1) is 16.5. The molecule has 1 saturated carbocycles. The van der Waals surface area contributed by atoms with Crippen molar-refractivity contribution in [2.75, 3.05) is 12.3 Å². The summed E-state index contributed by atoms with van der Waals surface area (Å²) < 4.78 is 5.86. The Labute approximate surface area is 198 Å². The molecule has 1 aromatic heterocycles. The molecule has 0 atom stereocenters. The first kappa shape index (κ1) is 22.0. The monoisotopic (exact) mass is 457 g/mol. The maximum absolute atomic E-state index is 12.3. The third-order valence-electron chi connectivity index (χ3n) is 7.03. The van der Waals surface area contributed by atoms with Gasteiger partial charge in [-0.1, -0.05) is 18.2 Å². The van der Waals surface area contributed by atoms with Gasteiger partial charge in [-0.25, -0.2) is 4.98 Å². The Hall–Kier alpha value is -3.78. The maximum Gasteiger partial charge on any atom is 0.239 e. The number of benzene rings is 2. The van der Waals surface area contributed by atoms with Crippen molar-refractivity contribution in [2.24, 2.45) is 5.41 Å². The molecule has 1 aliphatic carbocycles. The van der Waals surface area contributed by atoms with Crippen LogP contribution in [0.2, 0.25) is 0 Å². The fourth-order valence-electron chi connectivity index (χ4n) is 5.03. The zero-order valence-electron chi connectivity index (χ0n) is 19.0. The number of amides is 1. The largest absolute Gasteiger partial charge is 0.457 e. The average molecular weight is 458 g/mol.